The van der Waals surface area contributed by atoms with E-state index in [0.717, 1.165) is 13.0 Å². The minimum absolute atomic E-state index is 0.358. The number of hydrogen-bond donors (Lipinski definition) is 1. The lowest BCUT2D eigenvalue weighted by Crippen LogP contribution is -2.36. The van der Waals surface area contributed by atoms with Gasteiger partial charge in [0.1, 0.15) is 5.82 Å². The van der Waals surface area contributed by atoms with Gasteiger partial charge in [-0.15, -0.1) is 0 Å². The van der Waals surface area contributed by atoms with Gasteiger partial charge in [-0.25, -0.2) is 4.98 Å². The third-order valence-electron chi connectivity index (χ3n) is 2.89. The lowest BCUT2D eigenvalue weighted by molar-refractivity contribution is 0.303. The predicted octanol–water partition coefficient (Wildman–Crippen LogP) is 2.77. The summed E-state index contributed by atoms with van der Waals surface area (Å²) in [6, 6.07) is 0.524. The van der Waals surface area contributed by atoms with Crippen LogP contribution in [-0.2, 0) is 13.5 Å². The molecule has 0 fully saturated rings. The molecule has 0 bridgehead atoms. The minimum Gasteiger partial charge on any atom is -0.338 e. The monoisotopic (exact) mass is 237 g/mol. The molecule has 0 aliphatic carbocycles. The molecular formula is C14H27N3. The van der Waals surface area contributed by atoms with Crippen molar-refractivity contribution in [3.63, 3.8) is 0 Å². The zero-order chi connectivity index (χ0) is 12.9. The van der Waals surface area contributed by atoms with Crippen LogP contribution in [0.3, 0.4) is 0 Å². The maximum absolute atomic E-state index is 4.42. The van der Waals surface area contributed by atoms with Crippen molar-refractivity contribution in [1.82, 2.24) is 14.9 Å². The highest BCUT2D eigenvalue weighted by Crippen LogP contribution is 2.22. The molecule has 0 radical (unpaired) electrons. The number of imidazole rings is 1. The molecule has 1 heterocycles. The van der Waals surface area contributed by atoms with E-state index in [2.05, 4.69) is 49.6 Å². The first kappa shape index (κ1) is 14.2. The maximum atomic E-state index is 4.42. The second kappa shape index (κ2) is 6.20. The van der Waals surface area contributed by atoms with Crippen molar-refractivity contribution in [1.29, 1.82) is 0 Å². The van der Waals surface area contributed by atoms with E-state index in [0.29, 0.717) is 11.5 Å². The second-order valence-corrected chi connectivity index (χ2v) is 6.07. The van der Waals surface area contributed by atoms with Crippen LogP contribution in [0.2, 0.25) is 0 Å². The predicted molar refractivity (Wildman–Crippen MR) is 73.1 cm³/mol. The van der Waals surface area contributed by atoms with Crippen molar-refractivity contribution in [3.8, 4) is 0 Å². The molecular weight excluding hydrogens is 210 g/mol. The summed E-state index contributed by atoms with van der Waals surface area (Å²) in [4.78, 5) is 4.42. The minimum atomic E-state index is 0.358. The Morgan fingerprint density at radius 2 is 2.12 bits per heavy atom. The zero-order valence-corrected chi connectivity index (χ0v) is 12.0. The number of nitrogens with zero attached hydrogens (tertiary/aromatic N) is 2. The van der Waals surface area contributed by atoms with E-state index in [-0.39, 0.29) is 0 Å². The van der Waals surface area contributed by atoms with Crippen LogP contribution in [0.15, 0.2) is 12.4 Å². The Labute approximate surface area is 106 Å². The van der Waals surface area contributed by atoms with Gasteiger partial charge in [-0.1, -0.05) is 27.7 Å². The molecule has 0 aliphatic rings. The van der Waals surface area contributed by atoms with Crippen molar-refractivity contribution < 1.29 is 0 Å². The normalized spacial score (nSPS) is 13.9. The number of nitrogens with one attached hydrogen (secondary N) is 1. The van der Waals surface area contributed by atoms with Crippen LogP contribution in [0.5, 0.6) is 0 Å². The standard InChI is InChI=1S/C14H27N3/c1-6-7-15-12(11-14(2,3)4)10-13-16-8-9-17(13)5/h8-9,12,15H,6-7,10-11H2,1-5H3. The van der Waals surface area contributed by atoms with Gasteiger partial charge in [0.2, 0.25) is 0 Å². The summed E-state index contributed by atoms with van der Waals surface area (Å²) in [5.74, 6) is 1.17. The molecule has 0 aliphatic heterocycles. The van der Waals surface area contributed by atoms with Crippen LogP contribution < -0.4 is 5.32 Å². The summed E-state index contributed by atoms with van der Waals surface area (Å²) in [6.45, 7) is 10.2. The van der Waals surface area contributed by atoms with E-state index < -0.39 is 0 Å². The van der Waals surface area contributed by atoms with Gasteiger partial charge >= 0.3 is 0 Å². The molecule has 0 aromatic carbocycles. The number of hydrogen-bond acceptors (Lipinski definition) is 2. The highest BCUT2D eigenvalue weighted by atomic mass is 15.0. The van der Waals surface area contributed by atoms with Gasteiger partial charge in [0.25, 0.3) is 0 Å². The summed E-state index contributed by atoms with van der Waals surface area (Å²) in [5.41, 5.74) is 0.358. The summed E-state index contributed by atoms with van der Waals surface area (Å²) in [6.07, 6.45) is 7.27. The molecule has 1 aromatic rings. The fourth-order valence-corrected chi connectivity index (χ4v) is 2.12. The molecule has 1 N–H and O–H groups in total. The van der Waals surface area contributed by atoms with Crippen molar-refractivity contribution >= 4 is 0 Å². The number of aryl methyl sites for hydroxylation is 1. The van der Waals surface area contributed by atoms with Gasteiger partial charge in [0.05, 0.1) is 0 Å². The van der Waals surface area contributed by atoms with E-state index in [1.807, 2.05) is 12.4 Å². The van der Waals surface area contributed by atoms with Gasteiger partial charge in [-0.2, -0.15) is 0 Å². The molecule has 17 heavy (non-hydrogen) atoms. The Morgan fingerprint density at radius 3 is 2.59 bits per heavy atom. The Morgan fingerprint density at radius 1 is 1.41 bits per heavy atom. The van der Waals surface area contributed by atoms with Crippen molar-refractivity contribution in [2.24, 2.45) is 12.5 Å². The van der Waals surface area contributed by atoms with Crippen LogP contribution in [0, 0.1) is 5.41 Å². The summed E-state index contributed by atoms with van der Waals surface area (Å²) >= 11 is 0. The van der Waals surface area contributed by atoms with Crippen LogP contribution in [0.1, 0.15) is 46.4 Å². The molecule has 0 saturated carbocycles. The van der Waals surface area contributed by atoms with Crippen LogP contribution >= 0.6 is 0 Å². The first-order chi connectivity index (χ1) is 7.92. The Kier molecular flexibility index (Phi) is 5.19. The molecule has 1 rings (SSSR count). The van der Waals surface area contributed by atoms with Crippen LogP contribution in [0.4, 0.5) is 0 Å². The molecule has 0 saturated heterocycles. The molecule has 0 spiro atoms. The quantitative estimate of drug-likeness (QED) is 0.824. The van der Waals surface area contributed by atoms with Gasteiger partial charge in [0.15, 0.2) is 0 Å². The summed E-state index contributed by atoms with van der Waals surface area (Å²) < 4.78 is 2.11. The second-order valence-electron chi connectivity index (χ2n) is 6.07. The summed E-state index contributed by atoms with van der Waals surface area (Å²) in [5, 5.41) is 3.64. The first-order valence-corrected chi connectivity index (χ1v) is 6.62. The molecule has 1 aromatic heterocycles. The van der Waals surface area contributed by atoms with E-state index in [1.54, 1.807) is 0 Å². The average molecular weight is 237 g/mol. The van der Waals surface area contributed by atoms with Gasteiger partial charge in [-0.05, 0) is 24.8 Å². The fourth-order valence-electron chi connectivity index (χ4n) is 2.12. The fraction of sp³-hybridized carbons (Fsp3) is 0.786. The topological polar surface area (TPSA) is 29.9 Å². The van der Waals surface area contributed by atoms with E-state index in [1.165, 1.54) is 18.7 Å². The molecule has 3 heteroatoms. The van der Waals surface area contributed by atoms with Gasteiger partial charge in [-0.3, -0.25) is 0 Å². The number of aromatic nitrogens is 2. The van der Waals surface area contributed by atoms with Crippen molar-refractivity contribution in [2.45, 2.75) is 53.0 Å². The highest BCUT2D eigenvalue weighted by molar-refractivity contribution is 4.95. The molecule has 98 valence electrons. The lowest BCUT2D eigenvalue weighted by atomic mass is 9.87. The van der Waals surface area contributed by atoms with Crippen LogP contribution in [0.25, 0.3) is 0 Å². The Balaban J connectivity index is 2.60. The molecule has 1 unspecified atom stereocenters. The first-order valence-electron chi connectivity index (χ1n) is 6.62. The zero-order valence-electron chi connectivity index (χ0n) is 12.0. The van der Waals surface area contributed by atoms with Gasteiger partial charge < -0.3 is 9.88 Å². The molecule has 1 atom stereocenters. The lowest BCUT2D eigenvalue weighted by Gasteiger charge is -2.26. The average Bonchev–Trinajstić information content (AvgIpc) is 2.59. The third kappa shape index (κ3) is 5.35. The Hall–Kier alpha value is -0.830. The molecule has 0 amide bonds. The van der Waals surface area contributed by atoms with Crippen LogP contribution in [-0.4, -0.2) is 22.1 Å². The SMILES string of the molecule is CCCNC(Cc1nccn1C)CC(C)(C)C. The smallest absolute Gasteiger partial charge is 0.109 e. The Bertz CT molecular complexity index is 322. The van der Waals surface area contributed by atoms with E-state index in [9.17, 15) is 0 Å². The highest BCUT2D eigenvalue weighted by Gasteiger charge is 2.19. The van der Waals surface area contributed by atoms with E-state index >= 15 is 0 Å². The molecule has 3 nitrogen and oxygen atoms in total. The third-order valence-corrected chi connectivity index (χ3v) is 2.89. The maximum Gasteiger partial charge on any atom is 0.109 e. The van der Waals surface area contributed by atoms with Crippen molar-refractivity contribution in [2.75, 3.05) is 6.54 Å². The summed E-state index contributed by atoms with van der Waals surface area (Å²) in [7, 11) is 2.07. The largest absolute Gasteiger partial charge is 0.338 e. The van der Waals surface area contributed by atoms with Gasteiger partial charge in [0, 0.05) is 31.9 Å². The van der Waals surface area contributed by atoms with E-state index in [4.69, 9.17) is 0 Å². The van der Waals surface area contributed by atoms with Crippen molar-refractivity contribution in [3.05, 3.63) is 18.2 Å². The number of rotatable bonds is 6.